The Morgan fingerprint density at radius 1 is 1.10 bits per heavy atom. The molecule has 2 amide bonds. The third-order valence-electron chi connectivity index (χ3n) is 6.49. The maximum absolute atomic E-state index is 12.5. The van der Waals surface area contributed by atoms with Crippen molar-refractivity contribution in [3.05, 3.63) is 65.2 Å². The number of unbranched alkanes of at least 4 members (excludes halogenated alkanes) is 2. The zero-order chi connectivity index (χ0) is 28.3. The van der Waals surface area contributed by atoms with Crippen LogP contribution in [-0.4, -0.2) is 55.5 Å². The summed E-state index contributed by atoms with van der Waals surface area (Å²) in [6.07, 6.45) is 2.51. The number of aliphatic hydroxyl groups excluding tert-OH is 1. The Morgan fingerprint density at radius 2 is 1.93 bits per heavy atom. The molecule has 214 valence electrons. The van der Waals surface area contributed by atoms with E-state index in [0.717, 1.165) is 36.0 Å². The maximum Gasteiger partial charge on any atom is 0.224 e. The Labute approximate surface area is 238 Å². The third-order valence-corrected chi connectivity index (χ3v) is 7.63. The summed E-state index contributed by atoms with van der Waals surface area (Å²) in [6.45, 7) is 2.11. The van der Waals surface area contributed by atoms with Gasteiger partial charge in [0.1, 0.15) is 0 Å². The van der Waals surface area contributed by atoms with Crippen molar-refractivity contribution in [2.45, 2.75) is 69.3 Å². The number of hydrogen-bond acceptors (Lipinski definition) is 9. The maximum atomic E-state index is 12.5. The summed E-state index contributed by atoms with van der Waals surface area (Å²) in [5.41, 5.74) is 3.33. The van der Waals surface area contributed by atoms with Gasteiger partial charge in [-0.25, -0.2) is 4.68 Å². The lowest BCUT2D eigenvalue weighted by atomic mass is 10.0. The average molecular weight is 569 g/mol. The summed E-state index contributed by atoms with van der Waals surface area (Å²) in [4.78, 5) is 23.5. The molecule has 0 bridgehead atoms. The van der Waals surface area contributed by atoms with Crippen LogP contribution < -0.4 is 10.6 Å². The molecule has 2 heterocycles. The number of ether oxygens (including phenoxy) is 2. The van der Waals surface area contributed by atoms with Gasteiger partial charge in [-0.15, -0.1) is 5.10 Å². The summed E-state index contributed by atoms with van der Waals surface area (Å²) in [7, 11) is 1.80. The van der Waals surface area contributed by atoms with Crippen molar-refractivity contribution in [2.75, 3.05) is 17.6 Å². The molecular formula is C28H36N6O5S. The van der Waals surface area contributed by atoms with E-state index in [2.05, 4.69) is 26.2 Å². The van der Waals surface area contributed by atoms with Crippen molar-refractivity contribution in [2.24, 2.45) is 7.05 Å². The number of carbonyl (C=O) groups is 2. The van der Waals surface area contributed by atoms with E-state index >= 15 is 0 Å². The van der Waals surface area contributed by atoms with E-state index in [0.29, 0.717) is 36.0 Å². The lowest BCUT2D eigenvalue weighted by molar-refractivity contribution is -0.245. The fraction of sp³-hybridized carbons (Fsp3) is 0.464. The van der Waals surface area contributed by atoms with Crippen molar-refractivity contribution >= 4 is 29.3 Å². The minimum atomic E-state index is -0.634. The molecule has 0 radical (unpaired) electrons. The van der Waals surface area contributed by atoms with Crippen LogP contribution in [-0.2, 0) is 32.7 Å². The fourth-order valence-corrected chi connectivity index (χ4v) is 5.24. The highest BCUT2D eigenvalue weighted by Gasteiger charge is 2.32. The molecule has 1 aromatic heterocycles. The van der Waals surface area contributed by atoms with Gasteiger partial charge in [0.25, 0.3) is 0 Å². The largest absolute Gasteiger partial charge is 0.392 e. The SMILES string of the molecule is CC(=O)NCCCCCC(=O)Nc1cccc([C@@H]2O[C@H](CSc3nnnn3C)C[C@H](c3ccc(CO)cc3)O2)c1. The number of aliphatic hydroxyl groups is 1. The molecule has 11 nitrogen and oxygen atoms in total. The second kappa shape index (κ2) is 14.9. The van der Waals surface area contributed by atoms with Gasteiger partial charge in [0.15, 0.2) is 6.29 Å². The van der Waals surface area contributed by atoms with Crippen LogP contribution in [0.15, 0.2) is 53.7 Å². The van der Waals surface area contributed by atoms with Crippen LogP contribution >= 0.6 is 11.8 Å². The number of nitrogens with zero attached hydrogens (tertiary/aromatic N) is 4. The Balaban J connectivity index is 1.40. The number of carbonyl (C=O) groups excluding carboxylic acids is 2. The standard InChI is InChI=1S/C28H36N6O5S/c1-19(36)29-14-5-3-4-9-26(37)30-23-8-6-7-22(15-23)27-38-24(18-40-28-31-32-33-34(28)2)16-25(39-27)21-12-10-20(17-35)11-13-21/h6-8,10-13,15,24-25,27,35H,3-5,9,14,16-18H2,1-2H3,(H,29,36)(H,30,37)/t24-,25+,27+/m0/s1. The molecule has 3 aromatic rings. The van der Waals surface area contributed by atoms with Gasteiger partial charge in [0.05, 0.1) is 18.8 Å². The van der Waals surface area contributed by atoms with Crippen molar-refractivity contribution in [3.8, 4) is 0 Å². The summed E-state index contributed by atoms with van der Waals surface area (Å²) in [5.74, 6) is 0.537. The predicted molar refractivity (Wildman–Crippen MR) is 150 cm³/mol. The molecule has 0 aliphatic carbocycles. The lowest BCUT2D eigenvalue weighted by Gasteiger charge is -2.36. The van der Waals surface area contributed by atoms with Gasteiger partial charge in [-0.2, -0.15) is 0 Å². The van der Waals surface area contributed by atoms with Gasteiger partial charge in [-0.1, -0.05) is 54.6 Å². The molecule has 2 aromatic carbocycles. The molecule has 0 unspecified atom stereocenters. The highest BCUT2D eigenvalue weighted by atomic mass is 32.2. The molecule has 0 saturated carbocycles. The van der Waals surface area contributed by atoms with Crippen molar-refractivity contribution in [3.63, 3.8) is 0 Å². The predicted octanol–water partition coefficient (Wildman–Crippen LogP) is 3.68. The fourth-order valence-electron chi connectivity index (χ4n) is 4.37. The molecular weight excluding hydrogens is 532 g/mol. The highest BCUT2D eigenvalue weighted by molar-refractivity contribution is 7.99. The summed E-state index contributed by atoms with van der Waals surface area (Å²) in [5, 5.41) is 27.5. The zero-order valence-corrected chi connectivity index (χ0v) is 23.6. The average Bonchev–Trinajstić information content (AvgIpc) is 3.38. The molecule has 1 aliphatic heterocycles. The second-order valence-electron chi connectivity index (χ2n) is 9.71. The smallest absolute Gasteiger partial charge is 0.224 e. The highest BCUT2D eigenvalue weighted by Crippen LogP contribution is 2.39. The van der Waals surface area contributed by atoms with Gasteiger partial charge in [0.2, 0.25) is 17.0 Å². The van der Waals surface area contributed by atoms with Crippen LogP contribution in [0.25, 0.3) is 0 Å². The zero-order valence-electron chi connectivity index (χ0n) is 22.8. The van der Waals surface area contributed by atoms with Crippen LogP contribution in [0, 0.1) is 0 Å². The van der Waals surface area contributed by atoms with Crippen LogP contribution in [0.1, 0.15) is 68.1 Å². The van der Waals surface area contributed by atoms with Crippen LogP contribution in [0.2, 0.25) is 0 Å². The molecule has 0 spiro atoms. The molecule has 4 rings (SSSR count). The van der Waals surface area contributed by atoms with Crippen LogP contribution in [0.3, 0.4) is 0 Å². The van der Waals surface area contributed by atoms with Crippen molar-refractivity contribution in [1.29, 1.82) is 0 Å². The van der Waals surface area contributed by atoms with E-state index in [4.69, 9.17) is 9.47 Å². The monoisotopic (exact) mass is 568 g/mol. The topological polar surface area (TPSA) is 140 Å². The number of benzene rings is 2. The first-order chi connectivity index (χ1) is 19.4. The molecule has 40 heavy (non-hydrogen) atoms. The number of aryl methyl sites for hydroxylation is 1. The van der Waals surface area contributed by atoms with E-state index in [1.165, 1.54) is 18.7 Å². The summed E-state index contributed by atoms with van der Waals surface area (Å²) < 4.78 is 14.4. The quantitative estimate of drug-likeness (QED) is 0.208. The number of rotatable bonds is 13. The number of anilines is 1. The third kappa shape index (κ3) is 8.85. The normalized spacial score (nSPS) is 18.8. The number of thioether (sulfide) groups is 1. The Bertz CT molecular complexity index is 1250. The van der Waals surface area contributed by atoms with E-state index in [9.17, 15) is 14.7 Å². The number of hydrogen-bond donors (Lipinski definition) is 3. The van der Waals surface area contributed by atoms with E-state index < -0.39 is 6.29 Å². The second-order valence-corrected chi connectivity index (χ2v) is 10.7. The molecule has 3 N–H and O–H groups in total. The molecule has 12 heteroatoms. The van der Waals surface area contributed by atoms with Gasteiger partial charge in [-0.05, 0) is 46.5 Å². The Hall–Kier alpha value is -3.32. The van der Waals surface area contributed by atoms with Crippen LogP contribution in [0.4, 0.5) is 5.69 Å². The van der Waals surface area contributed by atoms with E-state index in [-0.39, 0.29) is 30.6 Å². The van der Waals surface area contributed by atoms with Gasteiger partial charge in [-0.3, -0.25) is 9.59 Å². The Kier molecular flexibility index (Phi) is 11.0. The first-order valence-corrected chi connectivity index (χ1v) is 14.4. The Morgan fingerprint density at radius 3 is 2.65 bits per heavy atom. The van der Waals surface area contributed by atoms with E-state index in [1.54, 1.807) is 11.7 Å². The van der Waals surface area contributed by atoms with Gasteiger partial charge in [0, 0.05) is 50.4 Å². The number of amides is 2. The number of tetrazole rings is 1. The number of nitrogens with one attached hydrogen (secondary N) is 2. The molecule has 1 aliphatic rings. The van der Waals surface area contributed by atoms with Gasteiger partial charge >= 0.3 is 0 Å². The first-order valence-electron chi connectivity index (χ1n) is 13.4. The lowest BCUT2D eigenvalue weighted by Crippen LogP contribution is -2.31. The van der Waals surface area contributed by atoms with Gasteiger partial charge < -0.3 is 25.2 Å². The minimum absolute atomic E-state index is 0.0157. The first kappa shape index (κ1) is 29.7. The van der Waals surface area contributed by atoms with Crippen LogP contribution in [0.5, 0.6) is 0 Å². The van der Waals surface area contributed by atoms with Crippen molar-refractivity contribution in [1.82, 2.24) is 25.5 Å². The number of aromatic nitrogens is 4. The molecule has 1 saturated heterocycles. The summed E-state index contributed by atoms with van der Waals surface area (Å²) >= 11 is 1.52. The van der Waals surface area contributed by atoms with E-state index in [1.807, 2.05) is 48.5 Å². The van der Waals surface area contributed by atoms with Crippen molar-refractivity contribution < 1.29 is 24.2 Å². The molecule has 1 fully saturated rings. The molecule has 3 atom stereocenters. The minimum Gasteiger partial charge on any atom is -0.392 e. The summed E-state index contributed by atoms with van der Waals surface area (Å²) in [6, 6.07) is 15.3.